The highest BCUT2D eigenvalue weighted by Gasteiger charge is 2.23. The highest BCUT2D eigenvalue weighted by atomic mass is 79.9. The summed E-state index contributed by atoms with van der Waals surface area (Å²) in [6.45, 7) is 0. The first-order valence-corrected chi connectivity index (χ1v) is 8.19. The molecule has 1 aliphatic rings. The van der Waals surface area contributed by atoms with E-state index in [4.69, 9.17) is 5.73 Å². The van der Waals surface area contributed by atoms with Crippen LogP contribution in [0.15, 0.2) is 46.9 Å². The number of hydrogen-bond donors (Lipinski definition) is 2. The van der Waals surface area contributed by atoms with Crippen LogP contribution in [-0.4, -0.2) is 30.8 Å². The van der Waals surface area contributed by atoms with Gasteiger partial charge in [0, 0.05) is 21.3 Å². The standard InChI is InChI=1S/C12H13N3O2S2.BrH/c13-12(18-11-6-7-19(16,17)9-11)15-14-8-10-4-2-1-3-5-10;/h1-8,11H,9H2,(H2,13,15);1H/b14-8+;. The number of hydrazone groups is 1. The van der Waals surface area contributed by atoms with Gasteiger partial charge in [0.2, 0.25) is 11.4 Å². The molecule has 0 aliphatic carbocycles. The third kappa shape index (κ3) is 5.48. The van der Waals surface area contributed by atoms with Crippen molar-refractivity contribution in [3.05, 3.63) is 47.4 Å². The minimum atomic E-state index is -3.04. The topological polar surface area (TPSA) is 86.5 Å². The Kier molecular flexibility index (Phi) is 6.44. The van der Waals surface area contributed by atoms with E-state index in [2.05, 4.69) is 10.2 Å². The van der Waals surface area contributed by atoms with Crippen molar-refractivity contribution < 1.29 is 30.5 Å². The monoisotopic (exact) mass is 375 g/mol. The van der Waals surface area contributed by atoms with Crippen molar-refractivity contribution in [1.29, 1.82) is 0 Å². The number of halogens is 1. The van der Waals surface area contributed by atoms with Crippen molar-refractivity contribution in [3.63, 3.8) is 0 Å². The zero-order valence-corrected chi connectivity index (χ0v) is 13.7. The second kappa shape index (κ2) is 7.61. The van der Waals surface area contributed by atoms with E-state index in [0.717, 1.165) is 5.56 Å². The van der Waals surface area contributed by atoms with E-state index in [1.165, 1.54) is 17.2 Å². The first-order chi connectivity index (χ1) is 9.05. The average Bonchev–Trinajstić information content (AvgIpc) is 2.70. The van der Waals surface area contributed by atoms with Crippen LogP contribution in [0.1, 0.15) is 5.56 Å². The highest BCUT2D eigenvalue weighted by molar-refractivity contribution is 8.15. The van der Waals surface area contributed by atoms with Gasteiger partial charge in [0.05, 0.1) is 5.75 Å². The molecule has 0 spiro atoms. The number of benzene rings is 1. The average molecular weight is 376 g/mol. The van der Waals surface area contributed by atoms with Crippen LogP contribution in [-0.2, 0) is 9.84 Å². The van der Waals surface area contributed by atoms with Gasteiger partial charge in [-0.2, -0.15) is 0 Å². The van der Waals surface area contributed by atoms with Crippen molar-refractivity contribution in [2.75, 3.05) is 5.75 Å². The van der Waals surface area contributed by atoms with Crippen LogP contribution in [0, 0.1) is 0 Å². The number of hydrogen-bond acceptors (Lipinski definition) is 4. The quantitative estimate of drug-likeness (QED) is 0.325. The predicted octanol–water partition coefficient (Wildman–Crippen LogP) is -3.54. The molecular formula is C12H14BrN3O2S2. The molecule has 0 radical (unpaired) electrons. The largest absolute Gasteiger partial charge is 1.00 e. The van der Waals surface area contributed by atoms with Crippen molar-refractivity contribution in [2.45, 2.75) is 5.25 Å². The Bertz CT molecular complexity index is 627. The van der Waals surface area contributed by atoms with Crippen LogP contribution in [0.5, 0.6) is 0 Å². The molecule has 0 bridgehead atoms. The predicted molar refractivity (Wildman–Crippen MR) is 78.5 cm³/mol. The maximum absolute atomic E-state index is 11.2. The molecule has 1 heterocycles. The van der Waals surface area contributed by atoms with Gasteiger partial charge in [-0.3, -0.25) is 0 Å². The number of nitrogens with zero attached hydrogens (tertiary/aromatic N) is 1. The summed E-state index contributed by atoms with van der Waals surface area (Å²) in [5.74, 6) is 0.0796. The molecule has 8 heteroatoms. The molecule has 1 aliphatic heterocycles. The molecule has 0 saturated carbocycles. The van der Waals surface area contributed by atoms with Gasteiger partial charge < -0.3 is 22.7 Å². The normalized spacial score (nSPS) is 21.0. The second-order valence-electron chi connectivity index (χ2n) is 3.95. The third-order valence-corrected chi connectivity index (χ3v) is 4.94. The SMILES string of the molecule is N/C(=N/[NH+]=C/c1ccccc1)SC1C=CS(=O)(=O)C1.[Br-]. The third-order valence-electron chi connectivity index (χ3n) is 2.37. The van der Waals surface area contributed by atoms with Crippen LogP contribution in [0.2, 0.25) is 0 Å². The number of sulfone groups is 1. The maximum Gasteiger partial charge on any atom is 0.226 e. The van der Waals surface area contributed by atoms with Crippen molar-refractivity contribution in [1.82, 2.24) is 0 Å². The molecule has 0 fully saturated rings. The van der Waals surface area contributed by atoms with E-state index in [1.807, 2.05) is 30.3 Å². The van der Waals surface area contributed by atoms with Gasteiger partial charge in [-0.25, -0.2) is 8.42 Å². The Morgan fingerprint density at radius 2 is 2.10 bits per heavy atom. The van der Waals surface area contributed by atoms with Crippen LogP contribution in [0.4, 0.5) is 0 Å². The number of nitrogens with one attached hydrogen (secondary N) is 1. The Labute approximate surface area is 132 Å². The van der Waals surface area contributed by atoms with Gasteiger partial charge in [0.15, 0.2) is 9.84 Å². The van der Waals surface area contributed by atoms with Gasteiger partial charge in [0.25, 0.3) is 0 Å². The van der Waals surface area contributed by atoms with Gasteiger partial charge in [-0.1, -0.05) is 36.0 Å². The van der Waals surface area contributed by atoms with Gasteiger partial charge >= 0.3 is 0 Å². The minimum Gasteiger partial charge on any atom is -1.00 e. The lowest BCUT2D eigenvalue weighted by Crippen LogP contribution is -3.00. The fourth-order valence-electron chi connectivity index (χ4n) is 1.52. The Morgan fingerprint density at radius 1 is 1.40 bits per heavy atom. The molecule has 0 aromatic heterocycles. The van der Waals surface area contributed by atoms with Crippen LogP contribution < -0.4 is 27.8 Å². The van der Waals surface area contributed by atoms with Crippen molar-refractivity contribution >= 4 is 33.0 Å². The fourth-order valence-corrected chi connectivity index (χ4v) is 4.14. The Balaban J connectivity index is 0.00000200. The zero-order valence-electron chi connectivity index (χ0n) is 10.4. The Hall–Kier alpha value is -1.12. The summed E-state index contributed by atoms with van der Waals surface area (Å²) in [6, 6.07) is 9.63. The van der Waals surface area contributed by atoms with Crippen molar-refractivity contribution in [2.24, 2.45) is 10.8 Å². The second-order valence-corrected chi connectivity index (χ2v) is 7.14. The lowest BCUT2D eigenvalue weighted by molar-refractivity contribution is -0.456. The van der Waals surface area contributed by atoms with Crippen LogP contribution in [0.25, 0.3) is 0 Å². The van der Waals surface area contributed by atoms with Crippen LogP contribution >= 0.6 is 11.8 Å². The number of amidine groups is 1. The van der Waals surface area contributed by atoms with Gasteiger partial charge in [-0.15, -0.1) is 5.10 Å². The first kappa shape index (κ1) is 16.9. The lowest BCUT2D eigenvalue weighted by atomic mass is 10.2. The zero-order chi connectivity index (χ0) is 13.7. The van der Waals surface area contributed by atoms with Gasteiger partial charge in [0.1, 0.15) is 0 Å². The first-order valence-electron chi connectivity index (χ1n) is 5.60. The molecule has 1 aromatic rings. The summed E-state index contributed by atoms with van der Waals surface area (Å²) in [5, 5.41) is 8.06. The van der Waals surface area contributed by atoms with Gasteiger partial charge in [-0.05, 0) is 12.1 Å². The maximum atomic E-state index is 11.2. The van der Waals surface area contributed by atoms with E-state index < -0.39 is 9.84 Å². The summed E-state index contributed by atoms with van der Waals surface area (Å²) in [7, 11) is -3.04. The smallest absolute Gasteiger partial charge is 0.226 e. The molecule has 1 aromatic carbocycles. The summed E-state index contributed by atoms with van der Waals surface area (Å²) < 4.78 is 22.4. The summed E-state index contributed by atoms with van der Waals surface area (Å²) >= 11 is 1.22. The highest BCUT2D eigenvalue weighted by Crippen LogP contribution is 2.20. The van der Waals surface area contributed by atoms with E-state index in [9.17, 15) is 8.42 Å². The number of rotatable bonds is 3. The molecule has 2 rings (SSSR count). The molecule has 108 valence electrons. The van der Waals surface area contributed by atoms with E-state index in [0.29, 0.717) is 5.17 Å². The molecule has 0 amide bonds. The molecule has 3 N–H and O–H groups in total. The minimum absolute atomic E-state index is 0. The molecule has 1 unspecified atom stereocenters. The molecule has 0 saturated heterocycles. The summed E-state index contributed by atoms with van der Waals surface area (Å²) in [4.78, 5) is 0. The molecule has 5 nitrogen and oxygen atoms in total. The van der Waals surface area contributed by atoms with E-state index in [-0.39, 0.29) is 28.0 Å². The number of thioether (sulfide) groups is 1. The molecule has 20 heavy (non-hydrogen) atoms. The fraction of sp³-hybridized carbons (Fsp3) is 0.167. The Morgan fingerprint density at radius 3 is 2.70 bits per heavy atom. The summed E-state index contributed by atoms with van der Waals surface area (Å²) in [5.41, 5.74) is 6.69. The number of nitrogens with two attached hydrogens (primary N) is 1. The van der Waals surface area contributed by atoms with E-state index >= 15 is 0 Å². The van der Waals surface area contributed by atoms with Crippen molar-refractivity contribution in [3.8, 4) is 0 Å². The molecular weight excluding hydrogens is 362 g/mol. The van der Waals surface area contributed by atoms with Crippen LogP contribution in [0.3, 0.4) is 0 Å². The molecule has 1 atom stereocenters. The van der Waals surface area contributed by atoms with E-state index in [1.54, 1.807) is 12.3 Å². The lowest BCUT2D eigenvalue weighted by Gasteiger charge is -2.01. The summed E-state index contributed by atoms with van der Waals surface area (Å²) in [6.07, 6.45) is 3.35.